The van der Waals surface area contributed by atoms with Gasteiger partial charge in [0.2, 0.25) is 0 Å². The molecule has 20 heavy (non-hydrogen) atoms. The van der Waals surface area contributed by atoms with E-state index in [1.807, 2.05) is 6.07 Å². The van der Waals surface area contributed by atoms with E-state index in [-0.39, 0.29) is 0 Å². The van der Waals surface area contributed by atoms with Gasteiger partial charge in [-0.15, -0.1) is 11.8 Å². The van der Waals surface area contributed by atoms with E-state index in [2.05, 4.69) is 34.2 Å². The molecule has 0 amide bonds. The zero-order chi connectivity index (χ0) is 13.9. The Morgan fingerprint density at radius 2 is 1.90 bits per heavy atom. The molecule has 4 nitrogen and oxygen atoms in total. The predicted molar refractivity (Wildman–Crippen MR) is 80.2 cm³/mol. The fraction of sp³-hybridized carbons (Fsp3) is 0.200. The van der Waals surface area contributed by atoms with Gasteiger partial charge in [0.15, 0.2) is 0 Å². The van der Waals surface area contributed by atoms with Crippen LogP contribution in [0.5, 0.6) is 11.8 Å². The predicted octanol–water partition coefficient (Wildman–Crippen LogP) is 3.14. The quantitative estimate of drug-likeness (QED) is 0.867. The maximum absolute atomic E-state index is 5.20. The summed E-state index contributed by atoms with van der Waals surface area (Å²) in [4.78, 5) is 10.0. The highest BCUT2D eigenvalue weighted by atomic mass is 32.2. The van der Waals surface area contributed by atoms with E-state index in [0.29, 0.717) is 11.8 Å². The third-order valence-electron chi connectivity index (χ3n) is 3.06. The molecule has 1 aromatic heterocycles. The van der Waals surface area contributed by atoms with Gasteiger partial charge in [0.1, 0.15) is 0 Å². The van der Waals surface area contributed by atoms with Crippen molar-refractivity contribution in [1.29, 1.82) is 0 Å². The van der Waals surface area contributed by atoms with Crippen LogP contribution in [0.1, 0.15) is 11.3 Å². The van der Waals surface area contributed by atoms with Crippen molar-refractivity contribution in [3.63, 3.8) is 0 Å². The van der Waals surface area contributed by atoms with Crippen LogP contribution in [0.4, 0.5) is 0 Å². The summed E-state index contributed by atoms with van der Waals surface area (Å²) in [5, 5.41) is 0. The van der Waals surface area contributed by atoms with Crippen molar-refractivity contribution >= 4 is 23.4 Å². The van der Waals surface area contributed by atoms with Gasteiger partial charge in [-0.1, -0.05) is 18.2 Å². The van der Waals surface area contributed by atoms with Crippen LogP contribution in [-0.4, -0.2) is 29.9 Å². The third kappa shape index (κ3) is 2.36. The number of rotatable bonds is 3. The summed E-state index contributed by atoms with van der Waals surface area (Å²) in [6.07, 6.45) is 3.88. The average Bonchev–Trinajstić information content (AvgIpc) is 2.53. The summed E-state index contributed by atoms with van der Waals surface area (Å²) >= 11 is 1.81. The first-order chi connectivity index (χ1) is 9.81. The summed E-state index contributed by atoms with van der Waals surface area (Å²) < 4.78 is 10.3. The lowest BCUT2D eigenvalue weighted by molar-refractivity contribution is 0.331. The molecular formula is C15H14N2O2S. The fourth-order valence-corrected chi connectivity index (χ4v) is 3.06. The number of methoxy groups -OCH3 is 2. The lowest BCUT2D eigenvalue weighted by atomic mass is 10.1. The van der Waals surface area contributed by atoms with Gasteiger partial charge in [-0.2, -0.15) is 0 Å². The monoisotopic (exact) mass is 286 g/mol. The van der Waals surface area contributed by atoms with Gasteiger partial charge in [0.05, 0.1) is 26.1 Å². The van der Waals surface area contributed by atoms with Crippen molar-refractivity contribution in [3.8, 4) is 11.8 Å². The van der Waals surface area contributed by atoms with Crippen LogP contribution in [0, 0.1) is 0 Å². The maximum Gasteiger partial charge on any atom is 0.278 e. The van der Waals surface area contributed by atoms with Crippen LogP contribution < -0.4 is 9.47 Å². The third-order valence-corrected chi connectivity index (χ3v) is 4.19. The molecule has 0 fully saturated rings. The Balaban J connectivity index is 2.00. The molecule has 2 aromatic rings. The van der Waals surface area contributed by atoms with Gasteiger partial charge >= 0.3 is 0 Å². The lowest BCUT2D eigenvalue weighted by Gasteiger charge is -2.16. The highest BCUT2D eigenvalue weighted by molar-refractivity contribution is 7.99. The van der Waals surface area contributed by atoms with Crippen LogP contribution in [0.3, 0.4) is 0 Å². The van der Waals surface area contributed by atoms with E-state index in [1.165, 1.54) is 10.5 Å². The molecule has 102 valence electrons. The van der Waals surface area contributed by atoms with Crippen molar-refractivity contribution in [2.45, 2.75) is 4.90 Å². The van der Waals surface area contributed by atoms with Crippen LogP contribution >= 0.6 is 11.8 Å². The number of aromatic nitrogens is 2. The molecule has 0 spiro atoms. The minimum Gasteiger partial charge on any atom is -0.477 e. The Hall–Kier alpha value is -2.01. The second kappa shape index (κ2) is 5.54. The molecule has 0 saturated carbocycles. The summed E-state index contributed by atoms with van der Waals surface area (Å²) in [7, 11) is 3.12. The highest BCUT2D eigenvalue weighted by Gasteiger charge is 2.15. The Morgan fingerprint density at radius 3 is 2.70 bits per heavy atom. The number of hydrogen-bond acceptors (Lipinski definition) is 5. The van der Waals surface area contributed by atoms with Gasteiger partial charge < -0.3 is 9.47 Å². The van der Waals surface area contributed by atoms with Crippen LogP contribution in [-0.2, 0) is 0 Å². The van der Waals surface area contributed by atoms with Crippen molar-refractivity contribution < 1.29 is 9.47 Å². The number of hydrogen-bond donors (Lipinski definition) is 0. The average molecular weight is 286 g/mol. The molecule has 0 saturated heterocycles. The first kappa shape index (κ1) is 13.0. The van der Waals surface area contributed by atoms with Gasteiger partial charge in [0, 0.05) is 10.6 Å². The topological polar surface area (TPSA) is 44.2 Å². The number of ether oxygens (including phenoxy) is 2. The molecule has 0 aliphatic carbocycles. The molecule has 0 bridgehead atoms. The molecule has 3 rings (SSSR count). The Kier molecular flexibility index (Phi) is 3.60. The summed E-state index contributed by atoms with van der Waals surface area (Å²) in [5.41, 5.74) is 3.18. The second-order valence-corrected chi connectivity index (χ2v) is 5.29. The largest absolute Gasteiger partial charge is 0.477 e. The zero-order valence-corrected chi connectivity index (χ0v) is 12.1. The lowest BCUT2D eigenvalue weighted by Crippen LogP contribution is -2.02. The Morgan fingerprint density at radius 1 is 1.10 bits per heavy atom. The van der Waals surface area contributed by atoms with E-state index in [9.17, 15) is 0 Å². The van der Waals surface area contributed by atoms with Crippen molar-refractivity contribution in [1.82, 2.24) is 9.97 Å². The standard InChI is InChI=1S/C15H14N2O2S/c1-18-14-15(19-2)17-12(8-16-14)11-7-10-5-3-4-6-13(10)20-9-11/h3-8H,9H2,1-2H3. The Labute approximate surface area is 121 Å². The molecule has 2 heterocycles. The summed E-state index contributed by atoms with van der Waals surface area (Å²) in [6.45, 7) is 0. The van der Waals surface area contributed by atoms with Gasteiger partial charge in [0.25, 0.3) is 11.8 Å². The van der Waals surface area contributed by atoms with E-state index in [4.69, 9.17) is 9.47 Å². The number of thioether (sulfide) groups is 1. The molecule has 1 aromatic carbocycles. The molecule has 0 radical (unpaired) electrons. The minimum absolute atomic E-state index is 0.403. The summed E-state index contributed by atoms with van der Waals surface area (Å²) in [5.74, 6) is 1.69. The highest BCUT2D eigenvalue weighted by Crippen LogP contribution is 2.35. The second-order valence-electron chi connectivity index (χ2n) is 4.27. The van der Waals surface area contributed by atoms with Crippen LogP contribution in [0.15, 0.2) is 35.4 Å². The smallest absolute Gasteiger partial charge is 0.278 e. The van der Waals surface area contributed by atoms with Gasteiger partial charge in [-0.05, 0) is 23.3 Å². The van der Waals surface area contributed by atoms with E-state index < -0.39 is 0 Å². The maximum atomic E-state index is 5.20. The zero-order valence-electron chi connectivity index (χ0n) is 11.3. The molecule has 0 atom stereocenters. The Bertz CT molecular complexity index is 671. The fourth-order valence-electron chi connectivity index (χ4n) is 2.05. The van der Waals surface area contributed by atoms with E-state index in [0.717, 1.165) is 17.0 Å². The molecule has 0 unspecified atom stereocenters. The van der Waals surface area contributed by atoms with Crippen LogP contribution in [0.25, 0.3) is 11.6 Å². The molecule has 1 aliphatic heterocycles. The first-order valence-electron chi connectivity index (χ1n) is 6.19. The molecule has 1 aliphatic rings. The molecular weight excluding hydrogens is 272 g/mol. The number of nitrogens with zero attached hydrogens (tertiary/aromatic N) is 2. The van der Waals surface area contributed by atoms with E-state index >= 15 is 0 Å². The van der Waals surface area contributed by atoms with Crippen molar-refractivity contribution in [3.05, 3.63) is 41.7 Å². The van der Waals surface area contributed by atoms with E-state index in [1.54, 1.807) is 32.2 Å². The van der Waals surface area contributed by atoms with Crippen molar-refractivity contribution in [2.75, 3.05) is 20.0 Å². The number of benzene rings is 1. The van der Waals surface area contributed by atoms with Gasteiger partial charge in [-0.3, -0.25) is 0 Å². The van der Waals surface area contributed by atoms with Gasteiger partial charge in [-0.25, -0.2) is 9.97 Å². The normalized spacial score (nSPS) is 13.4. The summed E-state index contributed by atoms with van der Waals surface area (Å²) in [6, 6.07) is 8.34. The minimum atomic E-state index is 0.403. The SMILES string of the molecule is COc1ncc(C2=Cc3ccccc3SC2)nc1OC. The van der Waals surface area contributed by atoms with Crippen molar-refractivity contribution in [2.24, 2.45) is 0 Å². The first-order valence-corrected chi connectivity index (χ1v) is 7.18. The molecule has 5 heteroatoms. The number of fused-ring (bicyclic) bond motifs is 1. The molecule has 0 N–H and O–H groups in total. The van der Waals surface area contributed by atoms with Crippen LogP contribution in [0.2, 0.25) is 0 Å².